The van der Waals surface area contributed by atoms with Crippen LogP contribution in [0.5, 0.6) is 5.75 Å². The van der Waals surface area contributed by atoms with Gasteiger partial charge in [-0.15, -0.1) is 0 Å². The van der Waals surface area contributed by atoms with E-state index in [9.17, 15) is 0 Å². The van der Waals surface area contributed by atoms with Crippen LogP contribution in [0.4, 0.5) is 0 Å². The van der Waals surface area contributed by atoms with Gasteiger partial charge in [0.2, 0.25) is 5.89 Å². The molecule has 1 aromatic heterocycles. The van der Waals surface area contributed by atoms with Crippen molar-refractivity contribution in [3.8, 4) is 5.75 Å². The highest BCUT2D eigenvalue weighted by atomic mass is 16.5. The van der Waals surface area contributed by atoms with Gasteiger partial charge in [0.15, 0.2) is 12.2 Å². The van der Waals surface area contributed by atoms with Gasteiger partial charge in [-0.1, -0.05) is 18.2 Å². The summed E-state index contributed by atoms with van der Waals surface area (Å²) in [5.41, 5.74) is 10.5. The first-order chi connectivity index (χ1) is 10.2. The molecule has 0 saturated carbocycles. The lowest BCUT2D eigenvalue weighted by Crippen LogP contribution is -1.97. The first-order valence-electron chi connectivity index (χ1n) is 6.94. The molecule has 2 N–H and O–H groups in total. The third-order valence-electron chi connectivity index (χ3n) is 3.43. The Labute approximate surface area is 123 Å². The normalized spacial score (nSPS) is 11.0. The van der Waals surface area contributed by atoms with Crippen LogP contribution < -0.4 is 10.5 Å². The minimum atomic E-state index is 0.316. The molecular weight excluding hydrogens is 264 g/mol. The largest absolute Gasteiger partial charge is 0.484 e. The van der Waals surface area contributed by atoms with Crippen molar-refractivity contribution in [3.63, 3.8) is 0 Å². The van der Waals surface area contributed by atoms with Gasteiger partial charge in [-0.05, 0) is 48.7 Å². The van der Waals surface area contributed by atoms with Crippen LogP contribution in [0.1, 0.15) is 22.6 Å². The first kappa shape index (κ1) is 13.6. The van der Waals surface area contributed by atoms with E-state index in [1.165, 1.54) is 5.56 Å². The molecule has 0 saturated heterocycles. The second-order valence-corrected chi connectivity index (χ2v) is 5.17. The van der Waals surface area contributed by atoms with E-state index >= 15 is 0 Å². The number of fused-ring (bicyclic) bond motifs is 1. The molecule has 0 amide bonds. The number of benzene rings is 2. The average molecular weight is 282 g/mol. The van der Waals surface area contributed by atoms with Crippen molar-refractivity contribution < 1.29 is 9.15 Å². The second kappa shape index (κ2) is 5.58. The predicted molar refractivity (Wildman–Crippen MR) is 82.1 cm³/mol. The van der Waals surface area contributed by atoms with Gasteiger partial charge in [-0.2, -0.15) is 0 Å². The van der Waals surface area contributed by atoms with E-state index in [0.717, 1.165) is 28.0 Å². The smallest absolute Gasteiger partial charge is 0.233 e. The van der Waals surface area contributed by atoms with E-state index in [1.807, 2.05) is 44.2 Å². The van der Waals surface area contributed by atoms with Crippen molar-refractivity contribution in [2.24, 2.45) is 5.73 Å². The summed E-state index contributed by atoms with van der Waals surface area (Å²) >= 11 is 0. The summed E-state index contributed by atoms with van der Waals surface area (Å²) in [7, 11) is 0. The van der Waals surface area contributed by atoms with Crippen LogP contribution in [0.3, 0.4) is 0 Å². The summed E-state index contributed by atoms with van der Waals surface area (Å²) in [6.07, 6.45) is 0. The Morgan fingerprint density at radius 2 is 2.00 bits per heavy atom. The van der Waals surface area contributed by atoms with Crippen molar-refractivity contribution in [1.29, 1.82) is 0 Å². The molecule has 108 valence electrons. The fourth-order valence-electron chi connectivity index (χ4n) is 2.21. The van der Waals surface area contributed by atoms with Gasteiger partial charge < -0.3 is 14.9 Å². The molecule has 0 bridgehead atoms. The van der Waals surface area contributed by atoms with Gasteiger partial charge in [0.05, 0.1) is 0 Å². The molecule has 0 fully saturated rings. The Kier molecular flexibility index (Phi) is 3.62. The van der Waals surface area contributed by atoms with E-state index in [-0.39, 0.29) is 0 Å². The number of aromatic nitrogens is 1. The molecule has 21 heavy (non-hydrogen) atoms. The van der Waals surface area contributed by atoms with Gasteiger partial charge in [-0.25, -0.2) is 4.98 Å². The van der Waals surface area contributed by atoms with E-state index in [4.69, 9.17) is 14.9 Å². The Morgan fingerprint density at radius 3 is 2.81 bits per heavy atom. The Morgan fingerprint density at radius 1 is 1.14 bits per heavy atom. The fourth-order valence-corrected chi connectivity index (χ4v) is 2.21. The first-order valence-corrected chi connectivity index (χ1v) is 6.94. The number of hydrogen-bond acceptors (Lipinski definition) is 4. The SMILES string of the molecule is Cc1ccc(C)c(OCc2nc3cc(CN)ccc3o2)c1. The molecule has 0 aliphatic heterocycles. The van der Waals surface area contributed by atoms with Gasteiger partial charge in [0, 0.05) is 6.54 Å². The van der Waals surface area contributed by atoms with Crippen molar-refractivity contribution in [1.82, 2.24) is 4.98 Å². The zero-order valence-corrected chi connectivity index (χ0v) is 12.2. The monoisotopic (exact) mass is 282 g/mol. The van der Waals surface area contributed by atoms with Gasteiger partial charge in [-0.3, -0.25) is 0 Å². The summed E-state index contributed by atoms with van der Waals surface area (Å²) in [4.78, 5) is 4.44. The van der Waals surface area contributed by atoms with Crippen LogP contribution in [0, 0.1) is 13.8 Å². The van der Waals surface area contributed by atoms with Crippen molar-refractivity contribution >= 4 is 11.1 Å². The van der Waals surface area contributed by atoms with Crippen LogP contribution in [-0.4, -0.2) is 4.98 Å². The number of aryl methyl sites for hydroxylation is 2. The van der Waals surface area contributed by atoms with Crippen molar-refractivity contribution in [2.75, 3.05) is 0 Å². The third-order valence-corrected chi connectivity index (χ3v) is 3.43. The van der Waals surface area contributed by atoms with Gasteiger partial charge >= 0.3 is 0 Å². The van der Waals surface area contributed by atoms with E-state index in [2.05, 4.69) is 11.1 Å². The molecular formula is C17H18N2O2. The molecule has 2 aromatic carbocycles. The highest BCUT2D eigenvalue weighted by Gasteiger charge is 2.08. The standard InChI is InChI=1S/C17H18N2O2/c1-11-3-4-12(2)16(7-11)20-10-17-19-14-8-13(9-18)5-6-15(14)21-17/h3-8H,9-10,18H2,1-2H3. The van der Waals surface area contributed by atoms with Gasteiger partial charge in [0.25, 0.3) is 0 Å². The lowest BCUT2D eigenvalue weighted by molar-refractivity contribution is 0.265. The molecule has 3 rings (SSSR count). The Hall–Kier alpha value is -2.33. The number of oxazole rings is 1. The molecule has 0 unspecified atom stereocenters. The highest BCUT2D eigenvalue weighted by molar-refractivity contribution is 5.73. The van der Waals surface area contributed by atoms with Crippen LogP contribution in [0.25, 0.3) is 11.1 Å². The summed E-state index contributed by atoms with van der Waals surface area (Å²) < 4.78 is 11.5. The minimum absolute atomic E-state index is 0.316. The molecule has 3 aromatic rings. The average Bonchev–Trinajstić information content (AvgIpc) is 2.89. The maximum Gasteiger partial charge on any atom is 0.233 e. The topological polar surface area (TPSA) is 61.3 Å². The quantitative estimate of drug-likeness (QED) is 0.795. The molecule has 1 heterocycles. The molecule has 0 spiro atoms. The van der Waals surface area contributed by atoms with Crippen LogP contribution >= 0.6 is 0 Å². The maximum absolute atomic E-state index is 5.81. The molecule has 0 aliphatic carbocycles. The van der Waals surface area contributed by atoms with Crippen LogP contribution in [-0.2, 0) is 13.2 Å². The van der Waals surface area contributed by atoms with Crippen molar-refractivity contribution in [2.45, 2.75) is 27.0 Å². The summed E-state index contributed by atoms with van der Waals surface area (Å²) in [6, 6.07) is 11.9. The van der Waals surface area contributed by atoms with E-state index < -0.39 is 0 Å². The lowest BCUT2D eigenvalue weighted by atomic mass is 10.1. The van der Waals surface area contributed by atoms with E-state index in [1.54, 1.807) is 0 Å². The zero-order chi connectivity index (χ0) is 14.8. The molecule has 4 heteroatoms. The maximum atomic E-state index is 5.81. The Balaban J connectivity index is 1.80. The van der Waals surface area contributed by atoms with Crippen LogP contribution in [0.15, 0.2) is 40.8 Å². The second-order valence-electron chi connectivity index (χ2n) is 5.17. The summed E-state index contributed by atoms with van der Waals surface area (Å²) in [5.74, 6) is 1.43. The molecule has 0 radical (unpaired) electrons. The fraction of sp³-hybridized carbons (Fsp3) is 0.235. The molecule has 0 aliphatic rings. The number of nitrogens with zero attached hydrogens (tertiary/aromatic N) is 1. The van der Waals surface area contributed by atoms with E-state index in [0.29, 0.717) is 19.0 Å². The van der Waals surface area contributed by atoms with Crippen molar-refractivity contribution in [3.05, 3.63) is 59.0 Å². The van der Waals surface area contributed by atoms with Gasteiger partial charge in [0.1, 0.15) is 11.3 Å². The summed E-state index contributed by atoms with van der Waals surface area (Å²) in [6.45, 7) is 4.88. The number of ether oxygens (including phenoxy) is 1. The Bertz CT molecular complexity index is 778. The third kappa shape index (κ3) is 2.90. The minimum Gasteiger partial charge on any atom is -0.484 e. The predicted octanol–water partition coefficient (Wildman–Crippen LogP) is 3.48. The summed E-state index contributed by atoms with van der Waals surface area (Å²) in [5, 5.41) is 0. The number of nitrogens with two attached hydrogens (primary N) is 1. The number of rotatable bonds is 4. The van der Waals surface area contributed by atoms with Crippen LogP contribution in [0.2, 0.25) is 0 Å². The zero-order valence-electron chi connectivity index (χ0n) is 12.2. The number of hydrogen-bond donors (Lipinski definition) is 1. The lowest BCUT2D eigenvalue weighted by Gasteiger charge is -2.07. The molecule has 4 nitrogen and oxygen atoms in total. The molecule has 0 atom stereocenters. The highest BCUT2D eigenvalue weighted by Crippen LogP contribution is 2.22.